The molecule has 0 radical (unpaired) electrons. The summed E-state index contributed by atoms with van der Waals surface area (Å²) in [5.74, 6) is 3.68. The Morgan fingerprint density at radius 2 is 1.97 bits per heavy atom. The van der Waals surface area contributed by atoms with Crippen LogP contribution in [0.5, 0.6) is 5.75 Å². The van der Waals surface area contributed by atoms with E-state index in [1.807, 2.05) is 6.07 Å². The number of hydrogen-bond donors (Lipinski definition) is 0. The molecule has 0 spiro atoms. The first-order valence-electron chi connectivity index (χ1n) is 12.1. The Hall–Kier alpha value is -3.41. The molecular weight excluding hydrogens is 428 g/mol. The highest BCUT2D eigenvalue weighted by Crippen LogP contribution is 2.63. The zero-order chi connectivity index (χ0) is 23.4. The van der Waals surface area contributed by atoms with Crippen LogP contribution in [-0.2, 0) is 6.42 Å². The predicted octanol–water partition coefficient (Wildman–Crippen LogP) is 6.81. The highest BCUT2D eigenvalue weighted by Gasteiger charge is 2.52. The van der Waals surface area contributed by atoms with Crippen molar-refractivity contribution < 1.29 is 14.2 Å². The van der Waals surface area contributed by atoms with Crippen molar-refractivity contribution in [3.05, 3.63) is 81.6 Å². The number of non-ortho nitro benzene ring substituents is 1. The topological polar surface area (TPSA) is 78.4 Å². The monoisotopic (exact) mass is 456 g/mol. The summed E-state index contributed by atoms with van der Waals surface area (Å²) in [5.41, 5.74) is 5.95. The van der Waals surface area contributed by atoms with Gasteiger partial charge in [-0.1, -0.05) is 24.2 Å². The first-order chi connectivity index (χ1) is 16.5. The van der Waals surface area contributed by atoms with Gasteiger partial charge >= 0.3 is 0 Å². The lowest BCUT2D eigenvalue weighted by Gasteiger charge is -2.50. The van der Waals surface area contributed by atoms with Crippen LogP contribution in [0.4, 0.5) is 5.69 Å². The van der Waals surface area contributed by atoms with Crippen molar-refractivity contribution in [2.45, 2.75) is 44.9 Å². The van der Waals surface area contributed by atoms with Crippen LogP contribution < -0.4 is 4.74 Å². The molecule has 6 rings (SSSR count). The number of methoxy groups -OCH3 is 1. The van der Waals surface area contributed by atoms with Gasteiger partial charge in [-0.05, 0) is 96.2 Å². The fourth-order valence-electron chi connectivity index (χ4n) is 6.93. The van der Waals surface area contributed by atoms with Gasteiger partial charge in [0.1, 0.15) is 11.4 Å². The summed E-state index contributed by atoms with van der Waals surface area (Å²) >= 11 is 0. The van der Waals surface area contributed by atoms with Gasteiger partial charge in [-0.25, -0.2) is 0 Å². The third-order valence-corrected chi connectivity index (χ3v) is 8.66. The summed E-state index contributed by atoms with van der Waals surface area (Å²) in [4.78, 5) is 10.6. The van der Waals surface area contributed by atoms with Crippen molar-refractivity contribution in [1.82, 2.24) is 5.16 Å². The van der Waals surface area contributed by atoms with Gasteiger partial charge in [0.15, 0.2) is 5.76 Å². The van der Waals surface area contributed by atoms with Crippen LogP contribution >= 0.6 is 0 Å². The first kappa shape index (κ1) is 21.1. The van der Waals surface area contributed by atoms with E-state index in [9.17, 15) is 10.1 Å². The fraction of sp³-hybridized carbons (Fsp3) is 0.393. The molecule has 0 amide bonds. The average Bonchev–Trinajstić information content (AvgIpc) is 3.47. The van der Waals surface area contributed by atoms with Crippen LogP contribution in [0.3, 0.4) is 0 Å². The van der Waals surface area contributed by atoms with E-state index in [2.05, 4.69) is 36.4 Å². The third-order valence-electron chi connectivity index (χ3n) is 8.66. The molecule has 2 aromatic carbocycles. The summed E-state index contributed by atoms with van der Waals surface area (Å²) in [6.07, 6.45) is 8.09. The second kappa shape index (κ2) is 7.83. The minimum atomic E-state index is -0.390. The van der Waals surface area contributed by atoms with E-state index < -0.39 is 4.92 Å². The molecule has 1 aromatic heterocycles. The molecule has 0 unspecified atom stereocenters. The number of nitro benzene ring substituents is 1. The molecule has 0 aliphatic heterocycles. The average molecular weight is 457 g/mol. The normalized spacial score (nSPS) is 27.4. The quantitative estimate of drug-likeness (QED) is 0.318. The lowest BCUT2D eigenvalue weighted by molar-refractivity contribution is -0.384. The van der Waals surface area contributed by atoms with E-state index in [4.69, 9.17) is 9.26 Å². The molecule has 0 bridgehead atoms. The molecule has 6 nitrogen and oxygen atoms in total. The summed E-state index contributed by atoms with van der Waals surface area (Å²) in [5, 5.41) is 15.3. The summed E-state index contributed by atoms with van der Waals surface area (Å²) in [6.45, 7) is 2.41. The van der Waals surface area contributed by atoms with Gasteiger partial charge in [0.25, 0.3) is 5.69 Å². The van der Waals surface area contributed by atoms with Crippen molar-refractivity contribution in [3.63, 3.8) is 0 Å². The van der Waals surface area contributed by atoms with Gasteiger partial charge in [0, 0.05) is 23.8 Å². The van der Waals surface area contributed by atoms with Crippen LogP contribution in [0.15, 0.2) is 59.1 Å². The molecule has 1 heterocycles. The highest BCUT2D eigenvalue weighted by atomic mass is 16.6. The van der Waals surface area contributed by atoms with Crippen LogP contribution in [0.25, 0.3) is 16.8 Å². The number of ether oxygens (including phenoxy) is 1. The number of nitro groups is 1. The van der Waals surface area contributed by atoms with Gasteiger partial charge in [0.05, 0.1) is 12.0 Å². The second-order valence-corrected chi connectivity index (χ2v) is 10.2. The molecule has 34 heavy (non-hydrogen) atoms. The zero-order valence-electron chi connectivity index (χ0n) is 19.5. The number of benzene rings is 2. The van der Waals surface area contributed by atoms with Crippen LogP contribution in [0, 0.1) is 27.4 Å². The standard InChI is InChI=1S/C28H28N2O4/c1-28-14-13-22-21-10-8-20(33-2)15-18(21)5-9-23(22)24(28)11-12-25(28)27-16-26(29-34-27)17-3-6-19(7-4-17)30(31)32/h3-4,6-8,10,12,15-16,22-24H,5,9,11,13-14H2,1-2H3/t22-,23-,24+,28+/m1/s1. The number of hydrogen-bond acceptors (Lipinski definition) is 5. The number of fused-ring (bicyclic) bond motifs is 5. The molecule has 174 valence electrons. The van der Waals surface area contributed by atoms with E-state index in [-0.39, 0.29) is 11.1 Å². The fourth-order valence-corrected chi connectivity index (χ4v) is 6.93. The van der Waals surface area contributed by atoms with Gasteiger partial charge < -0.3 is 9.26 Å². The maximum absolute atomic E-state index is 11.0. The van der Waals surface area contributed by atoms with E-state index in [0.717, 1.165) is 36.3 Å². The van der Waals surface area contributed by atoms with Crippen molar-refractivity contribution in [3.8, 4) is 17.0 Å². The Morgan fingerprint density at radius 3 is 2.74 bits per heavy atom. The largest absolute Gasteiger partial charge is 0.497 e. The molecule has 4 atom stereocenters. The molecule has 3 aliphatic rings. The number of aryl methyl sites for hydroxylation is 1. The molecule has 3 aromatic rings. The Balaban J connectivity index is 1.26. The lowest BCUT2D eigenvalue weighted by atomic mass is 9.54. The SMILES string of the molecule is COc1ccc2c(c1)CC[C@@H]1[C@@H]2CC[C@]2(C)C(c3cc(-c4ccc([N+](=O)[O-])cc4)no3)=CC[C@@H]12. The van der Waals surface area contributed by atoms with E-state index in [1.54, 1.807) is 19.2 Å². The number of allylic oxidation sites excluding steroid dienone is 2. The number of nitrogens with zero attached hydrogens (tertiary/aromatic N) is 2. The van der Waals surface area contributed by atoms with Gasteiger partial charge in [0.2, 0.25) is 0 Å². The number of rotatable bonds is 4. The van der Waals surface area contributed by atoms with Crippen molar-refractivity contribution in [2.75, 3.05) is 7.11 Å². The minimum absolute atomic E-state index is 0.0746. The summed E-state index contributed by atoms with van der Waals surface area (Å²) < 4.78 is 11.3. The highest BCUT2D eigenvalue weighted by molar-refractivity contribution is 5.73. The molecular formula is C28H28N2O4. The van der Waals surface area contributed by atoms with Crippen LogP contribution in [0.1, 0.15) is 55.4 Å². The third kappa shape index (κ3) is 3.19. The maximum Gasteiger partial charge on any atom is 0.269 e. The maximum atomic E-state index is 11.0. The minimum Gasteiger partial charge on any atom is -0.497 e. The van der Waals surface area contributed by atoms with Gasteiger partial charge in [-0.3, -0.25) is 10.1 Å². The van der Waals surface area contributed by atoms with Crippen LogP contribution in [-0.4, -0.2) is 17.2 Å². The van der Waals surface area contributed by atoms with Crippen molar-refractivity contribution >= 4 is 11.3 Å². The Kier molecular flexibility index (Phi) is 4.87. The predicted molar refractivity (Wildman–Crippen MR) is 130 cm³/mol. The Bertz CT molecular complexity index is 1290. The van der Waals surface area contributed by atoms with E-state index in [0.29, 0.717) is 23.4 Å². The van der Waals surface area contributed by atoms with E-state index in [1.165, 1.54) is 41.7 Å². The first-order valence-corrected chi connectivity index (χ1v) is 12.1. The smallest absolute Gasteiger partial charge is 0.269 e. The lowest BCUT2D eigenvalue weighted by Crippen LogP contribution is -2.40. The molecule has 1 saturated carbocycles. The van der Waals surface area contributed by atoms with Crippen LogP contribution in [0.2, 0.25) is 0 Å². The molecule has 6 heteroatoms. The van der Waals surface area contributed by atoms with Crippen molar-refractivity contribution in [1.29, 1.82) is 0 Å². The second-order valence-electron chi connectivity index (χ2n) is 10.2. The Morgan fingerprint density at radius 1 is 1.15 bits per heavy atom. The summed E-state index contributed by atoms with van der Waals surface area (Å²) in [6, 6.07) is 15.1. The van der Waals surface area contributed by atoms with Gasteiger partial charge in [-0.2, -0.15) is 0 Å². The Labute approximate surface area is 198 Å². The van der Waals surface area contributed by atoms with E-state index >= 15 is 0 Å². The molecule has 3 aliphatic carbocycles. The van der Waals surface area contributed by atoms with Gasteiger partial charge in [-0.15, -0.1) is 0 Å². The number of aromatic nitrogens is 1. The molecule has 0 N–H and O–H groups in total. The van der Waals surface area contributed by atoms with Crippen molar-refractivity contribution in [2.24, 2.45) is 17.3 Å². The molecule has 0 saturated heterocycles. The molecule has 1 fully saturated rings. The zero-order valence-corrected chi connectivity index (χ0v) is 19.5. The summed E-state index contributed by atoms with van der Waals surface area (Å²) in [7, 11) is 1.74.